The van der Waals surface area contributed by atoms with Gasteiger partial charge >= 0.3 is 0 Å². The van der Waals surface area contributed by atoms with Gasteiger partial charge in [-0.05, 0) is 37.0 Å². The normalized spacial score (nSPS) is 20.0. The fraction of sp³-hybridized carbons (Fsp3) is 0.455. The molecule has 0 amide bonds. The zero-order valence-corrected chi connectivity index (χ0v) is 7.92. The molecule has 1 aliphatic rings. The summed E-state index contributed by atoms with van der Waals surface area (Å²) in [6.07, 6.45) is 2.12. The molecule has 1 atom stereocenters. The molecule has 0 bridgehead atoms. The van der Waals surface area contributed by atoms with Gasteiger partial charge < -0.3 is 10.5 Å². The van der Waals surface area contributed by atoms with Crippen LogP contribution >= 0.6 is 0 Å². The molecule has 70 valence electrons. The number of rotatable bonds is 2. The Balaban J connectivity index is 2.38. The predicted molar refractivity (Wildman–Crippen MR) is 52.9 cm³/mol. The fourth-order valence-corrected chi connectivity index (χ4v) is 1.94. The molecule has 1 aromatic carbocycles. The van der Waals surface area contributed by atoms with E-state index in [4.69, 9.17) is 10.5 Å². The van der Waals surface area contributed by atoms with Gasteiger partial charge in [-0.15, -0.1) is 0 Å². The summed E-state index contributed by atoms with van der Waals surface area (Å²) < 4.78 is 5.54. The first kappa shape index (κ1) is 8.57. The molecule has 1 aromatic rings. The van der Waals surface area contributed by atoms with Gasteiger partial charge in [-0.25, -0.2) is 0 Å². The van der Waals surface area contributed by atoms with Crippen molar-refractivity contribution in [3.05, 3.63) is 29.3 Å². The van der Waals surface area contributed by atoms with Crippen LogP contribution in [0.25, 0.3) is 0 Å². The highest BCUT2D eigenvalue weighted by Crippen LogP contribution is 2.35. The first-order valence-electron chi connectivity index (χ1n) is 4.83. The van der Waals surface area contributed by atoms with Crippen LogP contribution < -0.4 is 10.5 Å². The monoisotopic (exact) mass is 177 g/mol. The number of fused-ring (bicyclic) bond motifs is 1. The number of ether oxygens (including phenoxy) is 1. The lowest BCUT2D eigenvalue weighted by Gasteiger charge is -2.09. The number of nitrogens with two attached hydrogens (primary N) is 1. The minimum atomic E-state index is 0.218. The van der Waals surface area contributed by atoms with Crippen molar-refractivity contribution < 1.29 is 4.74 Å². The molecule has 0 unspecified atom stereocenters. The summed E-state index contributed by atoms with van der Waals surface area (Å²) in [7, 11) is 0. The second-order valence-corrected chi connectivity index (χ2v) is 3.40. The van der Waals surface area contributed by atoms with Gasteiger partial charge in [0.1, 0.15) is 5.75 Å². The molecule has 0 saturated carbocycles. The molecule has 13 heavy (non-hydrogen) atoms. The van der Waals surface area contributed by atoms with Gasteiger partial charge in [0.15, 0.2) is 0 Å². The maximum atomic E-state index is 5.96. The number of hydrogen-bond acceptors (Lipinski definition) is 2. The molecule has 2 N–H and O–H groups in total. The number of hydrogen-bond donors (Lipinski definition) is 1. The topological polar surface area (TPSA) is 35.2 Å². The van der Waals surface area contributed by atoms with Crippen LogP contribution in [0.15, 0.2) is 18.2 Å². The molecule has 2 heteroatoms. The first-order chi connectivity index (χ1) is 6.33. The van der Waals surface area contributed by atoms with Crippen molar-refractivity contribution >= 4 is 0 Å². The summed E-state index contributed by atoms with van der Waals surface area (Å²) in [5.74, 6) is 1.02. The highest BCUT2D eigenvalue weighted by Gasteiger charge is 2.21. The van der Waals surface area contributed by atoms with Crippen LogP contribution in [-0.2, 0) is 6.42 Å². The van der Waals surface area contributed by atoms with Crippen molar-refractivity contribution in [3.63, 3.8) is 0 Å². The van der Waals surface area contributed by atoms with Crippen LogP contribution in [0, 0.1) is 0 Å². The lowest BCUT2D eigenvalue weighted by Crippen LogP contribution is -2.05. The van der Waals surface area contributed by atoms with Gasteiger partial charge in [-0.3, -0.25) is 0 Å². The van der Waals surface area contributed by atoms with Crippen molar-refractivity contribution in [1.82, 2.24) is 0 Å². The quantitative estimate of drug-likeness (QED) is 0.750. The summed E-state index contributed by atoms with van der Waals surface area (Å²) in [6.45, 7) is 2.74. The Bertz CT molecular complexity index is 309. The van der Waals surface area contributed by atoms with Gasteiger partial charge in [0.05, 0.1) is 6.61 Å². The smallest absolute Gasteiger partial charge is 0.122 e. The molecule has 0 aromatic heterocycles. The lowest BCUT2D eigenvalue weighted by molar-refractivity contribution is 0.337. The molecular weight excluding hydrogens is 162 g/mol. The third-order valence-electron chi connectivity index (χ3n) is 2.57. The Labute approximate surface area is 78.7 Å². The first-order valence-corrected chi connectivity index (χ1v) is 4.83. The van der Waals surface area contributed by atoms with Gasteiger partial charge in [-0.2, -0.15) is 0 Å². The summed E-state index contributed by atoms with van der Waals surface area (Å²) >= 11 is 0. The van der Waals surface area contributed by atoms with Crippen LogP contribution in [0.5, 0.6) is 5.75 Å². The Morgan fingerprint density at radius 2 is 2.38 bits per heavy atom. The Morgan fingerprint density at radius 1 is 1.54 bits per heavy atom. The van der Waals surface area contributed by atoms with E-state index in [2.05, 4.69) is 6.07 Å². The van der Waals surface area contributed by atoms with E-state index < -0.39 is 0 Å². The molecule has 0 saturated heterocycles. The second-order valence-electron chi connectivity index (χ2n) is 3.40. The second kappa shape index (κ2) is 3.38. The summed E-state index contributed by atoms with van der Waals surface area (Å²) in [5.41, 5.74) is 8.54. The SMILES string of the molecule is CCOc1cccc2c1CC[C@@H]2N. The predicted octanol–water partition coefficient (Wildman–Crippen LogP) is 2.03. The lowest BCUT2D eigenvalue weighted by atomic mass is 10.1. The average molecular weight is 177 g/mol. The molecule has 2 rings (SSSR count). The molecule has 0 aliphatic heterocycles. The minimum Gasteiger partial charge on any atom is -0.494 e. The van der Waals surface area contributed by atoms with Crippen molar-refractivity contribution in [2.24, 2.45) is 5.73 Å². The zero-order valence-electron chi connectivity index (χ0n) is 7.92. The summed E-state index contributed by atoms with van der Waals surface area (Å²) in [6, 6.07) is 6.38. The Morgan fingerprint density at radius 3 is 3.15 bits per heavy atom. The molecular formula is C11H15NO. The highest BCUT2D eigenvalue weighted by atomic mass is 16.5. The van der Waals surface area contributed by atoms with E-state index in [0.717, 1.165) is 25.2 Å². The van der Waals surface area contributed by atoms with Gasteiger partial charge in [0, 0.05) is 6.04 Å². The van der Waals surface area contributed by atoms with E-state index in [1.807, 2.05) is 19.1 Å². The fourth-order valence-electron chi connectivity index (χ4n) is 1.94. The molecule has 1 aliphatic carbocycles. The third kappa shape index (κ3) is 1.42. The van der Waals surface area contributed by atoms with Crippen LogP contribution in [0.1, 0.15) is 30.5 Å². The van der Waals surface area contributed by atoms with E-state index >= 15 is 0 Å². The maximum Gasteiger partial charge on any atom is 0.122 e. The van der Waals surface area contributed by atoms with Crippen molar-refractivity contribution in [1.29, 1.82) is 0 Å². The van der Waals surface area contributed by atoms with Crippen LogP contribution in [-0.4, -0.2) is 6.61 Å². The highest BCUT2D eigenvalue weighted by molar-refractivity contribution is 5.44. The number of benzene rings is 1. The van der Waals surface area contributed by atoms with Gasteiger partial charge in [-0.1, -0.05) is 12.1 Å². The van der Waals surface area contributed by atoms with E-state index in [1.165, 1.54) is 11.1 Å². The summed E-state index contributed by atoms with van der Waals surface area (Å²) in [5, 5.41) is 0. The van der Waals surface area contributed by atoms with Crippen LogP contribution in [0.3, 0.4) is 0 Å². The van der Waals surface area contributed by atoms with Crippen LogP contribution in [0.4, 0.5) is 0 Å². The van der Waals surface area contributed by atoms with Crippen molar-refractivity contribution in [3.8, 4) is 5.75 Å². The van der Waals surface area contributed by atoms with E-state index in [1.54, 1.807) is 0 Å². The largest absolute Gasteiger partial charge is 0.494 e. The standard InChI is InChI=1S/C11H15NO/c1-2-13-11-5-3-4-8-9(11)6-7-10(8)12/h3-5,10H,2,6-7,12H2,1H3/t10-/m0/s1. The molecule has 0 heterocycles. The van der Waals surface area contributed by atoms with Gasteiger partial charge in [0.25, 0.3) is 0 Å². The molecule has 0 spiro atoms. The van der Waals surface area contributed by atoms with E-state index in [-0.39, 0.29) is 6.04 Å². The molecule has 0 fully saturated rings. The Hall–Kier alpha value is -1.02. The van der Waals surface area contributed by atoms with Crippen LogP contribution in [0.2, 0.25) is 0 Å². The molecule has 0 radical (unpaired) electrons. The maximum absolute atomic E-state index is 5.96. The van der Waals surface area contributed by atoms with E-state index in [0.29, 0.717) is 0 Å². The molecule has 2 nitrogen and oxygen atoms in total. The van der Waals surface area contributed by atoms with E-state index in [9.17, 15) is 0 Å². The average Bonchev–Trinajstić information content (AvgIpc) is 2.50. The van der Waals surface area contributed by atoms with Crippen molar-refractivity contribution in [2.75, 3.05) is 6.61 Å². The summed E-state index contributed by atoms with van der Waals surface area (Å²) in [4.78, 5) is 0. The zero-order chi connectivity index (χ0) is 9.26. The van der Waals surface area contributed by atoms with Crippen molar-refractivity contribution in [2.45, 2.75) is 25.8 Å². The minimum absolute atomic E-state index is 0.218. The van der Waals surface area contributed by atoms with Gasteiger partial charge in [0.2, 0.25) is 0 Å². The Kier molecular flexibility index (Phi) is 2.23. The third-order valence-corrected chi connectivity index (χ3v) is 2.57.